The van der Waals surface area contributed by atoms with Gasteiger partial charge in [-0.3, -0.25) is 0 Å². The fourth-order valence-electron chi connectivity index (χ4n) is 1.70. The van der Waals surface area contributed by atoms with E-state index >= 15 is 0 Å². The highest BCUT2D eigenvalue weighted by Crippen LogP contribution is 2.37. The van der Waals surface area contributed by atoms with Crippen molar-refractivity contribution in [1.29, 1.82) is 0 Å². The largest absolute Gasteiger partial charge is 0.381 e. The zero-order valence-corrected chi connectivity index (χ0v) is 9.56. The Hall–Kier alpha value is -0.550. The number of pyridine rings is 1. The number of hydrogen-bond donors (Lipinski definition) is 0. The average molecular weight is 278 g/mol. The van der Waals surface area contributed by atoms with E-state index in [1.165, 1.54) is 12.3 Å². The van der Waals surface area contributed by atoms with Crippen molar-refractivity contribution in [3.05, 3.63) is 28.2 Å². The first-order valence-electron chi connectivity index (χ1n) is 4.70. The molecule has 0 atom stereocenters. The topological polar surface area (TPSA) is 22.1 Å². The van der Waals surface area contributed by atoms with Crippen LogP contribution in [0.5, 0.6) is 0 Å². The molecule has 15 heavy (non-hydrogen) atoms. The van der Waals surface area contributed by atoms with E-state index in [9.17, 15) is 8.78 Å². The van der Waals surface area contributed by atoms with Crippen molar-refractivity contribution in [2.24, 2.45) is 0 Å². The predicted molar refractivity (Wildman–Crippen MR) is 54.7 cm³/mol. The first-order valence-corrected chi connectivity index (χ1v) is 5.49. The Labute approximate surface area is 94.8 Å². The lowest BCUT2D eigenvalue weighted by molar-refractivity contribution is -0.0137. The van der Waals surface area contributed by atoms with Gasteiger partial charge in [0, 0.05) is 42.3 Å². The van der Waals surface area contributed by atoms with E-state index in [0.717, 1.165) is 0 Å². The lowest BCUT2D eigenvalue weighted by Crippen LogP contribution is -2.30. The van der Waals surface area contributed by atoms with E-state index < -0.39 is 11.6 Å². The van der Waals surface area contributed by atoms with Gasteiger partial charge in [-0.05, 0) is 22.0 Å². The van der Waals surface area contributed by atoms with Crippen molar-refractivity contribution in [1.82, 2.24) is 4.98 Å². The second-order valence-corrected chi connectivity index (χ2v) is 4.49. The first-order chi connectivity index (χ1) is 7.12. The molecule has 0 aromatic carbocycles. The van der Waals surface area contributed by atoms with Crippen LogP contribution in [-0.2, 0) is 10.4 Å². The number of ether oxygens (including phenoxy) is 1. The van der Waals surface area contributed by atoms with Crippen LogP contribution in [0.2, 0.25) is 0 Å². The Bertz CT molecular complexity index is 366. The molecule has 1 aromatic heterocycles. The number of hydrogen-bond acceptors (Lipinski definition) is 2. The van der Waals surface area contributed by atoms with Crippen LogP contribution in [0, 0.1) is 5.95 Å². The van der Waals surface area contributed by atoms with Crippen molar-refractivity contribution in [3.8, 4) is 0 Å². The molecular weight excluding hydrogens is 268 g/mol. The van der Waals surface area contributed by atoms with Crippen LogP contribution >= 0.6 is 15.9 Å². The van der Waals surface area contributed by atoms with Gasteiger partial charge in [0.05, 0.1) is 0 Å². The van der Waals surface area contributed by atoms with Gasteiger partial charge in [0.1, 0.15) is 5.67 Å². The van der Waals surface area contributed by atoms with E-state index in [2.05, 4.69) is 20.9 Å². The highest BCUT2D eigenvalue weighted by atomic mass is 79.9. The zero-order valence-electron chi connectivity index (χ0n) is 7.97. The molecule has 1 aliphatic rings. The Balaban J connectivity index is 2.38. The lowest BCUT2D eigenvalue weighted by Gasteiger charge is -2.29. The summed E-state index contributed by atoms with van der Waals surface area (Å²) in [6.45, 7) is 0.644. The average Bonchev–Trinajstić information content (AvgIpc) is 2.23. The summed E-state index contributed by atoms with van der Waals surface area (Å²) < 4.78 is 33.4. The fourth-order valence-corrected chi connectivity index (χ4v) is 2.03. The molecule has 1 aliphatic heterocycles. The third kappa shape index (κ3) is 2.18. The second-order valence-electron chi connectivity index (χ2n) is 3.57. The number of nitrogens with zero attached hydrogens (tertiary/aromatic N) is 1. The van der Waals surface area contributed by atoms with Gasteiger partial charge in [-0.1, -0.05) is 0 Å². The second kappa shape index (κ2) is 4.14. The number of aromatic nitrogens is 1. The van der Waals surface area contributed by atoms with E-state index in [4.69, 9.17) is 4.74 Å². The molecule has 0 N–H and O–H groups in total. The zero-order chi connectivity index (χ0) is 10.9. The smallest absolute Gasteiger partial charge is 0.219 e. The Morgan fingerprint density at radius 2 is 2.07 bits per heavy atom. The molecule has 0 aliphatic carbocycles. The summed E-state index contributed by atoms with van der Waals surface area (Å²) >= 11 is 3.16. The summed E-state index contributed by atoms with van der Waals surface area (Å²) in [7, 11) is 0. The van der Waals surface area contributed by atoms with Crippen molar-refractivity contribution in [2.45, 2.75) is 18.5 Å². The number of alkyl halides is 1. The molecule has 0 amide bonds. The van der Waals surface area contributed by atoms with Gasteiger partial charge in [-0.25, -0.2) is 9.37 Å². The van der Waals surface area contributed by atoms with E-state index in [-0.39, 0.29) is 18.4 Å². The summed E-state index contributed by atoms with van der Waals surface area (Å²) in [5, 5.41) is 0. The summed E-state index contributed by atoms with van der Waals surface area (Å²) in [5.41, 5.74) is -1.61. The highest BCUT2D eigenvalue weighted by Gasteiger charge is 2.37. The maximum absolute atomic E-state index is 14.4. The van der Waals surface area contributed by atoms with Crippen LogP contribution in [0.25, 0.3) is 0 Å². The van der Waals surface area contributed by atoms with Crippen LogP contribution in [0.4, 0.5) is 8.78 Å². The van der Waals surface area contributed by atoms with E-state index in [0.29, 0.717) is 17.7 Å². The van der Waals surface area contributed by atoms with Crippen molar-refractivity contribution in [3.63, 3.8) is 0 Å². The molecule has 0 spiro atoms. The van der Waals surface area contributed by atoms with E-state index in [1.54, 1.807) is 0 Å². The normalized spacial score (nSPS) is 20.2. The third-order valence-electron chi connectivity index (χ3n) is 2.57. The molecule has 82 valence electrons. The monoisotopic (exact) mass is 277 g/mol. The molecule has 2 nitrogen and oxygen atoms in total. The maximum atomic E-state index is 14.4. The number of halogens is 3. The minimum absolute atomic E-state index is 0.0279. The molecular formula is C10H10BrF2NO. The predicted octanol–water partition coefficient (Wildman–Crippen LogP) is 2.96. The highest BCUT2D eigenvalue weighted by molar-refractivity contribution is 9.10. The third-order valence-corrected chi connectivity index (χ3v) is 3.01. The van der Waals surface area contributed by atoms with Crippen molar-refractivity contribution >= 4 is 15.9 Å². The van der Waals surface area contributed by atoms with E-state index in [1.807, 2.05) is 0 Å². The molecule has 1 aromatic rings. The van der Waals surface area contributed by atoms with Crippen LogP contribution in [0.15, 0.2) is 16.7 Å². The first kappa shape index (κ1) is 11.0. The number of rotatable bonds is 1. The maximum Gasteiger partial charge on any atom is 0.219 e. The molecule has 5 heteroatoms. The van der Waals surface area contributed by atoms with Crippen LogP contribution < -0.4 is 0 Å². The van der Waals surface area contributed by atoms with Crippen LogP contribution in [0.1, 0.15) is 18.4 Å². The van der Waals surface area contributed by atoms with Gasteiger partial charge in [0.25, 0.3) is 0 Å². The Kier molecular flexibility index (Phi) is 3.02. The molecule has 0 unspecified atom stereocenters. The molecule has 0 saturated carbocycles. The summed E-state index contributed by atoms with van der Waals surface area (Å²) in [6, 6.07) is 1.45. The molecule has 0 radical (unpaired) electrons. The van der Waals surface area contributed by atoms with Gasteiger partial charge in [-0.15, -0.1) is 0 Å². The van der Waals surface area contributed by atoms with Crippen molar-refractivity contribution in [2.75, 3.05) is 13.2 Å². The van der Waals surface area contributed by atoms with Crippen molar-refractivity contribution < 1.29 is 13.5 Å². The summed E-state index contributed by atoms with van der Waals surface area (Å²) in [4.78, 5) is 3.50. The van der Waals surface area contributed by atoms with Gasteiger partial charge in [0.15, 0.2) is 0 Å². The molecule has 2 rings (SSSR count). The summed E-state index contributed by atoms with van der Waals surface area (Å²) in [6.07, 6.45) is 1.69. The quantitative estimate of drug-likeness (QED) is 0.737. The minimum Gasteiger partial charge on any atom is -0.381 e. The standard InChI is InChI=1S/C10H10BrF2NO/c11-7-5-8(9(12)14-6-7)10(13)1-3-15-4-2-10/h5-6H,1-4H2. The molecule has 1 saturated heterocycles. The van der Waals surface area contributed by atoms with Gasteiger partial charge < -0.3 is 4.74 Å². The SMILES string of the molecule is Fc1ncc(Br)cc1C1(F)CCOCC1. The molecule has 2 heterocycles. The van der Waals surface area contributed by atoms with Crippen LogP contribution in [-0.4, -0.2) is 18.2 Å². The van der Waals surface area contributed by atoms with Gasteiger partial charge >= 0.3 is 0 Å². The molecule has 1 fully saturated rings. The van der Waals surface area contributed by atoms with Gasteiger partial charge in [-0.2, -0.15) is 4.39 Å². The fraction of sp³-hybridized carbons (Fsp3) is 0.500. The minimum atomic E-state index is -1.64. The summed E-state index contributed by atoms with van der Waals surface area (Å²) in [5.74, 6) is -0.734. The lowest BCUT2D eigenvalue weighted by atomic mass is 9.89. The Morgan fingerprint density at radius 3 is 2.73 bits per heavy atom. The Morgan fingerprint density at radius 1 is 1.40 bits per heavy atom. The van der Waals surface area contributed by atoms with Gasteiger partial charge in [0.2, 0.25) is 5.95 Å². The van der Waals surface area contributed by atoms with Crippen LogP contribution in [0.3, 0.4) is 0 Å². The molecule has 0 bridgehead atoms.